The van der Waals surface area contributed by atoms with Crippen molar-refractivity contribution >= 4 is 0 Å². The zero-order valence-corrected chi connectivity index (χ0v) is 9.82. The Morgan fingerprint density at radius 2 is 2.11 bits per heavy atom. The maximum atomic E-state index is 3.17. The van der Waals surface area contributed by atoms with Crippen molar-refractivity contribution in [2.75, 3.05) is 13.1 Å². The van der Waals surface area contributed by atoms with E-state index < -0.39 is 0 Å². The summed E-state index contributed by atoms with van der Waals surface area (Å²) in [6.45, 7) is 6.12. The van der Waals surface area contributed by atoms with Crippen LogP contribution >= 0.6 is 0 Å². The van der Waals surface area contributed by atoms with Crippen LogP contribution in [-0.4, -0.2) is 13.1 Å². The average molecular weight is 151 g/mol. The Morgan fingerprint density at radius 1 is 1.44 bits per heavy atom. The second kappa shape index (κ2) is 12.1. The molecule has 0 fully saturated rings. The quantitative estimate of drug-likeness (QED) is 0.324. The van der Waals surface area contributed by atoms with E-state index in [0.717, 1.165) is 19.5 Å². The van der Waals surface area contributed by atoms with Crippen molar-refractivity contribution in [3.8, 4) is 0 Å². The van der Waals surface area contributed by atoms with Crippen molar-refractivity contribution < 1.29 is 51.4 Å². The van der Waals surface area contributed by atoms with Gasteiger partial charge in [-0.3, -0.25) is 6.08 Å². The Kier molecular flexibility index (Phi) is 17.4. The molecule has 1 heterocycles. The van der Waals surface area contributed by atoms with Gasteiger partial charge in [-0.2, -0.15) is 6.42 Å². The number of hydrogen-bond donors (Lipinski definition) is 1. The summed E-state index contributed by atoms with van der Waals surface area (Å²) in [5.74, 6) is 0. The van der Waals surface area contributed by atoms with E-state index in [1.165, 1.54) is 0 Å². The molecule has 0 amide bonds. The van der Waals surface area contributed by atoms with Gasteiger partial charge < -0.3 is 11.4 Å². The Morgan fingerprint density at radius 3 is 2.22 bits per heavy atom. The molecular weight excluding hydrogens is 137 g/mol. The normalized spacial score (nSPS) is 14.9. The zero-order valence-electron chi connectivity index (χ0n) is 6.70. The van der Waals surface area contributed by atoms with Crippen molar-refractivity contribution in [3.63, 3.8) is 0 Å². The van der Waals surface area contributed by atoms with Crippen molar-refractivity contribution in [3.05, 3.63) is 12.2 Å². The van der Waals surface area contributed by atoms with Crippen molar-refractivity contribution in [1.29, 1.82) is 0 Å². The first-order chi connectivity index (χ1) is 4.00. The minimum atomic E-state index is 0. The molecule has 0 saturated heterocycles. The van der Waals surface area contributed by atoms with Crippen molar-refractivity contribution in [2.24, 2.45) is 0 Å². The summed E-state index contributed by atoms with van der Waals surface area (Å²) in [7, 11) is 0. The molecule has 0 saturated carbocycles. The maximum absolute atomic E-state index is 3.17. The third kappa shape index (κ3) is 9.34. The average Bonchev–Trinajstić information content (AvgIpc) is 1.96. The molecule has 0 aromatic rings. The minimum Gasteiger partial charge on any atom is -0.498 e. The van der Waals surface area contributed by atoms with E-state index in [4.69, 9.17) is 0 Å². The fourth-order valence-electron chi connectivity index (χ4n) is 0.509. The molecule has 0 unspecified atom stereocenters. The van der Waals surface area contributed by atoms with Gasteiger partial charge in [0.15, 0.2) is 0 Å². The molecule has 0 bridgehead atoms. The van der Waals surface area contributed by atoms with Gasteiger partial charge in [0.2, 0.25) is 0 Å². The SMILES string of the molecule is CC.[C-]1=CCNCC1.[K+]. The van der Waals surface area contributed by atoms with Gasteiger partial charge in [-0.05, 0) is 13.1 Å². The Bertz CT molecular complexity index is 53.9. The molecule has 1 nitrogen and oxygen atoms in total. The Labute approximate surface area is 101 Å². The molecule has 0 atom stereocenters. The second-order valence-corrected chi connectivity index (χ2v) is 1.36. The van der Waals surface area contributed by atoms with Gasteiger partial charge in [0, 0.05) is 0 Å². The van der Waals surface area contributed by atoms with E-state index in [-0.39, 0.29) is 51.4 Å². The molecule has 0 aromatic carbocycles. The Balaban J connectivity index is 0. The van der Waals surface area contributed by atoms with Crippen LogP contribution in [0.15, 0.2) is 6.08 Å². The van der Waals surface area contributed by atoms with E-state index in [1.54, 1.807) is 0 Å². The van der Waals surface area contributed by atoms with E-state index in [1.807, 2.05) is 19.9 Å². The fraction of sp³-hybridized carbons (Fsp3) is 0.714. The van der Waals surface area contributed by atoms with E-state index in [0.29, 0.717) is 0 Å². The summed E-state index contributed by atoms with van der Waals surface area (Å²) >= 11 is 0. The Hall–Kier alpha value is 1.34. The predicted molar refractivity (Wildman–Crippen MR) is 36.6 cm³/mol. The van der Waals surface area contributed by atoms with Crippen molar-refractivity contribution in [1.82, 2.24) is 5.32 Å². The van der Waals surface area contributed by atoms with Gasteiger partial charge in [0.05, 0.1) is 0 Å². The molecule has 1 aliphatic heterocycles. The summed E-state index contributed by atoms with van der Waals surface area (Å²) in [6.07, 6.45) is 6.21. The summed E-state index contributed by atoms with van der Waals surface area (Å²) in [5.41, 5.74) is 0. The molecule has 0 aromatic heterocycles. The molecule has 1 rings (SSSR count). The van der Waals surface area contributed by atoms with Gasteiger partial charge in [-0.15, -0.1) is 0 Å². The molecule has 0 radical (unpaired) electrons. The fourth-order valence-corrected chi connectivity index (χ4v) is 0.509. The summed E-state index contributed by atoms with van der Waals surface area (Å²) in [6, 6.07) is 0. The van der Waals surface area contributed by atoms with Crippen LogP contribution in [0, 0.1) is 6.08 Å². The summed E-state index contributed by atoms with van der Waals surface area (Å²) in [4.78, 5) is 0. The predicted octanol–water partition coefficient (Wildman–Crippen LogP) is -1.63. The molecule has 1 aliphatic rings. The zero-order chi connectivity index (χ0) is 6.24. The first kappa shape index (κ1) is 13.0. The molecule has 9 heavy (non-hydrogen) atoms. The van der Waals surface area contributed by atoms with E-state index in [2.05, 4.69) is 11.4 Å². The van der Waals surface area contributed by atoms with Gasteiger partial charge in [0.25, 0.3) is 0 Å². The number of hydrogen-bond acceptors (Lipinski definition) is 1. The topological polar surface area (TPSA) is 12.0 Å². The van der Waals surface area contributed by atoms with Crippen molar-refractivity contribution in [2.45, 2.75) is 20.3 Å². The summed E-state index contributed by atoms with van der Waals surface area (Å²) < 4.78 is 0. The molecule has 1 N–H and O–H groups in total. The monoisotopic (exact) mass is 151 g/mol. The number of rotatable bonds is 0. The van der Waals surface area contributed by atoms with Crippen LogP contribution in [0.1, 0.15) is 20.3 Å². The van der Waals surface area contributed by atoms with Crippen LogP contribution < -0.4 is 56.7 Å². The van der Waals surface area contributed by atoms with Gasteiger partial charge >= 0.3 is 51.4 Å². The van der Waals surface area contributed by atoms with Crippen LogP contribution in [0.25, 0.3) is 0 Å². The molecule has 48 valence electrons. The third-order valence-electron chi connectivity index (χ3n) is 0.837. The second-order valence-electron chi connectivity index (χ2n) is 1.36. The third-order valence-corrected chi connectivity index (χ3v) is 0.837. The molecule has 0 aliphatic carbocycles. The van der Waals surface area contributed by atoms with Crippen LogP contribution in [0.3, 0.4) is 0 Å². The van der Waals surface area contributed by atoms with Crippen LogP contribution in [0.4, 0.5) is 0 Å². The van der Waals surface area contributed by atoms with Gasteiger partial charge in [-0.1, -0.05) is 13.8 Å². The summed E-state index contributed by atoms with van der Waals surface area (Å²) in [5, 5.41) is 3.17. The molecule has 0 spiro atoms. The van der Waals surface area contributed by atoms with Gasteiger partial charge in [0.1, 0.15) is 0 Å². The van der Waals surface area contributed by atoms with Crippen LogP contribution in [0.5, 0.6) is 0 Å². The largest absolute Gasteiger partial charge is 1.00 e. The maximum Gasteiger partial charge on any atom is 1.00 e. The first-order valence-electron chi connectivity index (χ1n) is 3.26. The smallest absolute Gasteiger partial charge is 0.498 e. The first-order valence-corrected chi connectivity index (χ1v) is 3.26. The number of nitrogens with one attached hydrogen (secondary N) is 1. The van der Waals surface area contributed by atoms with Crippen LogP contribution in [0.2, 0.25) is 0 Å². The van der Waals surface area contributed by atoms with Crippen LogP contribution in [-0.2, 0) is 0 Å². The van der Waals surface area contributed by atoms with E-state index >= 15 is 0 Å². The molecule has 2 heteroatoms. The standard InChI is InChI=1S/C5H8N.C2H6.K/c1-2-4-6-5-3-1;1-2;/h2,6H,3-5H2;1-2H3;/q-1;;+1. The minimum absolute atomic E-state index is 0. The molecular formula is C7H14KN. The van der Waals surface area contributed by atoms with Gasteiger partial charge in [-0.25, -0.2) is 0 Å². The van der Waals surface area contributed by atoms with E-state index in [9.17, 15) is 0 Å².